The van der Waals surface area contributed by atoms with Crippen molar-refractivity contribution in [3.05, 3.63) is 75.3 Å². The van der Waals surface area contributed by atoms with Crippen molar-refractivity contribution in [1.82, 2.24) is 0 Å². The Balaban J connectivity index is 1.81. The van der Waals surface area contributed by atoms with Crippen LogP contribution in [0.25, 0.3) is 0 Å². The van der Waals surface area contributed by atoms with E-state index in [0.717, 1.165) is 17.7 Å². The summed E-state index contributed by atoms with van der Waals surface area (Å²) in [5, 5.41) is 14.1. The molecule has 0 spiro atoms. The summed E-state index contributed by atoms with van der Waals surface area (Å²) < 4.78 is 0. The third-order valence-corrected chi connectivity index (χ3v) is 5.35. The lowest BCUT2D eigenvalue weighted by molar-refractivity contribution is 0.425. The number of benzene rings is 2. The van der Waals surface area contributed by atoms with E-state index >= 15 is 0 Å². The summed E-state index contributed by atoms with van der Waals surface area (Å²) in [7, 11) is 0. The molecule has 114 valence electrons. The van der Waals surface area contributed by atoms with Gasteiger partial charge in [0.25, 0.3) is 0 Å². The van der Waals surface area contributed by atoms with Crippen molar-refractivity contribution in [2.75, 3.05) is 5.32 Å². The van der Waals surface area contributed by atoms with E-state index in [-0.39, 0.29) is 6.04 Å². The predicted octanol–water partition coefficient (Wildman–Crippen LogP) is 5.69. The molecule has 4 rings (SSSR count). The first-order valence-electron chi connectivity index (χ1n) is 7.59. The molecule has 1 aliphatic carbocycles. The minimum atomic E-state index is 0.139. The smallest absolute Gasteiger partial charge is 0.0991 e. The van der Waals surface area contributed by atoms with Gasteiger partial charge in [0, 0.05) is 21.7 Å². The van der Waals surface area contributed by atoms with Crippen LogP contribution < -0.4 is 5.32 Å². The van der Waals surface area contributed by atoms with Crippen molar-refractivity contribution in [1.29, 1.82) is 5.26 Å². The molecule has 0 bridgehead atoms. The molecule has 2 aromatic rings. The number of anilines is 1. The lowest BCUT2D eigenvalue weighted by Crippen LogP contribution is -2.29. The maximum Gasteiger partial charge on any atom is 0.0991 e. The molecule has 1 aliphatic heterocycles. The highest BCUT2D eigenvalue weighted by Crippen LogP contribution is 2.51. The largest absolute Gasteiger partial charge is 0.378 e. The van der Waals surface area contributed by atoms with E-state index in [2.05, 4.69) is 23.5 Å². The first-order valence-corrected chi connectivity index (χ1v) is 8.35. The van der Waals surface area contributed by atoms with Crippen molar-refractivity contribution in [2.24, 2.45) is 5.92 Å². The van der Waals surface area contributed by atoms with E-state index in [9.17, 15) is 0 Å². The number of hydrogen-bond donors (Lipinski definition) is 1. The molecule has 23 heavy (non-hydrogen) atoms. The van der Waals surface area contributed by atoms with Crippen molar-refractivity contribution < 1.29 is 0 Å². The number of allylic oxidation sites excluding steroid dienone is 2. The summed E-state index contributed by atoms with van der Waals surface area (Å²) >= 11 is 12.5. The van der Waals surface area contributed by atoms with Gasteiger partial charge in [-0.05, 0) is 53.8 Å². The van der Waals surface area contributed by atoms with Crippen LogP contribution in [0.15, 0.2) is 48.6 Å². The monoisotopic (exact) mass is 340 g/mol. The van der Waals surface area contributed by atoms with Gasteiger partial charge in [-0.2, -0.15) is 5.26 Å². The van der Waals surface area contributed by atoms with Gasteiger partial charge in [-0.3, -0.25) is 0 Å². The molecule has 0 radical (unpaired) electrons. The zero-order valence-electron chi connectivity index (χ0n) is 12.3. The van der Waals surface area contributed by atoms with Crippen LogP contribution in [0.2, 0.25) is 10.0 Å². The quantitative estimate of drug-likeness (QED) is 0.676. The van der Waals surface area contributed by atoms with E-state index < -0.39 is 0 Å². The fourth-order valence-electron chi connectivity index (χ4n) is 3.73. The lowest BCUT2D eigenvalue weighted by Gasteiger charge is -2.38. The number of nitrogens with zero attached hydrogens (tertiary/aromatic N) is 1. The van der Waals surface area contributed by atoms with E-state index in [1.54, 1.807) is 6.07 Å². The van der Waals surface area contributed by atoms with Crippen LogP contribution in [0.5, 0.6) is 0 Å². The van der Waals surface area contributed by atoms with Crippen LogP contribution in [-0.4, -0.2) is 0 Å². The molecule has 4 heteroatoms. The zero-order valence-corrected chi connectivity index (χ0v) is 13.8. The van der Waals surface area contributed by atoms with Gasteiger partial charge in [0.05, 0.1) is 17.7 Å². The number of halogens is 2. The minimum absolute atomic E-state index is 0.139. The average Bonchev–Trinajstić information content (AvgIpc) is 3.04. The molecule has 2 aromatic carbocycles. The van der Waals surface area contributed by atoms with Gasteiger partial charge in [-0.1, -0.05) is 41.4 Å². The van der Waals surface area contributed by atoms with Crippen molar-refractivity contribution in [3.63, 3.8) is 0 Å². The second kappa shape index (κ2) is 5.60. The van der Waals surface area contributed by atoms with Crippen molar-refractivity contribution in [3.8, 4) is 6.07 Å². The third kappa shape index (κ3) is 2.41. The van der Waals surface area contributed by atoms with Gasteiger partial charge in [0.15, 0.2) is 0 Å². The highest BCUT2D eigenvalue weighted by Gasteiger charge is 2.38. The topological polar surface area (TPSA) is 35.8 Å². The highest BCUT2D eigenvalue weighted by atomic mass is 35.5. The van der Waals surface area contributed by atoms with E-state index in [1.165, 1.54) is 5.56 Å². The molecule has 0 fully saturated rings. The van der Waals surface area contributed by atoms with Gasteiger partial charge < -0.3 is 5.32 Å². The van der Waals surface area contributed by atoms with Crippen molar-refractivity contribution >= 4 is 28.9 Å². The standard InChI is InChI=1S/C19H14Cl2N2/c20-12-5-6-15(17(21)9-12)19-14-3-1-2-13(14)16-8-11(10-22)4-7-18(16)23-19/h1-2,4-9,13-14,19,23H,3H2. The third-order valence-electron chi connectivity index (χ3n) is 4.79. The molecule has 3 atom stereocenters. The molecule has 1 N–H and O–H groups in total. The van der Waals surface area contributed by atoms with Crippen LogP contribution >= 0.6 is 23.2 Å². The maximum atomic E-state index is 9.15. The summed E-state index contributed by atoms with van der Waals surface area (Å²) in [5.41, 5.74) is 4.05. The predicted molar refractivity (Wildman–Crippen MR) is 94.0 cm³/mol. The van der Waals surface area contributed by atoms with Gasteiger partial charge in [0.2, 0.25) is 0 Å². The van der Waals surface area contributed by atoms with Gasteiger partial charge in [-0.25, -0.2) is 0 Å². The Morgan fingerprint density at radius 1 is 1.09 bits per heavy atom. The van der Waals surface area contributed by atoms with E-state index in [0.29, 0.717) is 27.4 Å². The number of rotatable bonds is 1. The molecular weight excluding hydrogens is 327 g/mol. The Morgan fingerprint density at radius 3 is 2.74 bits per heavy atom. The van der Waals surface area contributed by atoms with Crippen LogP contribution in [0.1, 0.15) is 35.1 Å². The Bertz CT molecular complexity index is 851. The zero-order chi connectivity index (χ0) is 16.0. The summed E-state index contributed by atoms with van der Waals surface area (Å²) in [6.45, 7) is 0. The summed E-state index contributed by atoms with van der Waals surface area (Å²) in [6, 6.07) is 13.9. The van der Waals surface area contributed by atoms with E-state index in [4.69, 9.17) is 28.5 Å². The highest BCUT2D eigenvalue weighted by molar-refractivity contribution is 6.35. The number of hydrogen-bond acceptors (Lipinski definition) is 2. The molecule has 2 nitrogen and oxygen atoms in total. The van der Waals surface area contributed by atoms with Crippen LogP contribution in [0, 0.1) is 17.2 Å². The number of nitrogens with one attached hydrogen (secondary N) is 1. The fourth-order valence-corrected chi connectivity index (χ4v) is 4.25. The molecule has 0 saturated carbocycles. The van der Waals surface area contributed by atoms with E-state index in [1.807, 2.05) is 30.3 Å². The first kappa shape index (κ1) is 14.6. The second-order valence-electron chi connectivity index (χ2n) is 6.06. The maximum absolute atomic E-state index is 9.15. The number of fused-ring (bicyclic) bond motifs is 3. The molecule has 2 aliphatic rings. The minimum Gasteiger partial charge on any atom is -0.378 e. The Morgan fingerprint density at radius 2 is 1.96 bits per heavy atom. The summed E-state index contributed by atoms with van der Waals surface area (Å²) in [6.07, 6.45) is 5.47. The number of nitriles is 1. The van der Waals surface area contributed by atoms with Gasteiger partial charge in [0.1, 0.15) is 0 Å². The fraction of sp³-hybridized carbons (Fsp3) is 0.211. The van der Waals surface area contributed by atoms with Gasteiger partial charge in [-0.15, -0.1) is 0 Å². The van der Waals surface area contributed by atoms with Gasteiger partial charge >= 0.3 is 0 Å². The Labute approximate surface area is 145 Å². The van der Waals surface area contributed by atoms with Crippen LogP contribution in [-0.2, 0) is 0 Å². The Hall–Kier alpha value is -1.95. The van der Waals surface area contributed by atoms with Crippen LogP contribution in [0.4, 0.5) is 5.69 Å². The molecule has 1 heterocycles. The summed E-state index contributed by atoms with van der Waals surface area (Å²) in [5.74, 6) is 0.714. The molecular formula is C19H14Cl2N2. The van der Waals surface area contributed by atoms with Crippen LogP contribution in [0.3, 0.4) is 0 Å². The molecule has 0 saturated heterocycles. The normalized spacial score (nSPS) is 24.5. The Kier molecular flexibility index (Phi) is 3.56. The van der Waals surface area contributed by atoms with Crippen molar-refractivity contribution in [2.45, 2.75) is 18.4 Å². The SMILES string of the molecule is N#Cc1ccc2c(c1)C1C=CCC1C(c1ccc(Cl)cc1Cl)N2. The molecule has 0 amide bonds. The first-order chi connectivity index (χ1) is 11.2. The summed E-state index contributed by atoms with van der Waals surface area (Å²) in [4.78, 5) is 0. The molecule has 0 aromatic heterocycles. The average molecular weight is 341 g/mol. The second-order valence-corrected chi connectivity index (χ2v) is 6.90. The molecule has 3 unspecified atom stereocenters. The lowest BCUT2D eigenvalue weighted by atomic mass is 9.76.